The van der Waals surface area contributed by atoms with E-state index in [1.807, 2.05) is 0 Å². The topological polar surface area (TPSA) is 0 Å². The van der Waals surface area contributed by atoms with Crippen molar-refractivity contribution in [3.05, 3.63) is 0 Å². The van der Waals surface area contributed by atoms with E-state index in [4.69, 9.17) is 0 Å². The molecule has 0 aliphatic heterocycles. The van der Waals surface area contributed by atoms with Gasteiger partial charge in [-0.15, -0.1) is 11.7 Å². The third-order valence-corrected chi connectivity index (χ3v) is 2.73. The van der Waals surface area contributed by atoms with Gasteiger partial charge in [0.1, 0.15) is 0 Å². The Morgan fingerprint density at radius 3 is 2.10 bits per heavy atom. The molecule has 0 heterocycles. The summed E-state index contributed by atoms with van der Waals surface area (Å²) in [6.07, 6.45) is 6.68. The van der Waals surface area contributed by atoms with Crippen LogP contribution in [0.3, 0.4) is 0 Å². The van der Waals surface area contributed by atoms with E-state index >= 15 is 0 Å². The highest BCUT2D eigenvalue weighted by Gasteiger charge is 1.88. The van der Waals surface area contributed by atoms with Crippen LogP contribution >= 0.6 is 35.1 Å². The van der Waals surface area contributed by atoms with Gasteiger partial charge in [0.05, 0.1) is 0 Å². The van der Waals surface area contributed by atoms with Gasteiger partial charge in [-0.1, -0.05) is 30.1 Å². The molecular formula is C7H16S3. The van der Waals surface area contributed by atoms with Crippen LogP contribution < -0.4 is 0 Å². The second-order valence-electron chi connectivity index (χ2n) is 2.32. The molecule has 0 aromatic heterocycles. The van der Waals surface area contributed by atoms with Crippen molar-refractivity contribution in [1.82, 2.24) is 0 Å². The number of unbranched alkanes of at least 4 members (excludes halogenated alkanes) is 4. The van der Waals surface area contributed by atoms with Crippen molar-refractivity contribution in [2.75, 3.05) is 11.5 Å². The van der Waals surface area contributed by atoms with Crippen LogP contribution in [0.5, 0.6) is 0 Å². The molecule has 0 aliphatic rings. The quantitative estimate of drug-likeness (QED) is 0.357. The zero-order valence-corrected chi connectivity index (χ0v) is 8.86. The van der Waals surface area contributed by atoms with Gasteiger partial charge in [-0.25, -0.2) is 0 Å². The molecule has 0 amide bonds. The molecule has 0 saturated heterocycles. The van der Waals surface area contributed by atoms with Crippen molar-refractivity contribution in [1.29, 1.82) is 0 Å². The van der Waals surface area contributed by atoms with Crippen LogP contribution in [-0.4, -0.2) is 11.5 Å². The average molecular weight is 196 g/mol. The first-order valence-electron chi connectivity index (χ1n) is 3.79. The minimum atomic E-state index is 1.04. The minimum absolute atomic E-state index is 1.04. The summed E-state index contributed by atoms with van der Waals surface area (Å²) in [4.78, 5) is 0. The molecular weight excluding hydrogens is 180 g/mol. The summed E-state index contributed by atoms with van der Waals surface area (Å²) in [5.74, 6) is 2.24. The highest BCUT2D eigenvalue weighted by atomic mass is 33.1. The third-order valence-electron chi connectivity index (χ3n) is 1.39. The third kappa shape index (κ3) is 9.05. The summed E-state index contributed by atoms with van der Waals surface area (Å²) in [5, 5.41) is 0. The van der Waals surface area contributed by atoms with E-state index in [0.717, 1.165) is 5.75 Å². The van der Waals surface area contributed by atoms with Crippen LogP contribution in [0.15, 0.2) is 0 Å². The molecule has 0 spiro atoms. The minimum Gasteiger partial charge on any atom is -0.179 e. The van der Waals surface area contributed by atoms with Crippen molar-refractivity contribution >= 4 is 35.1 Å². The van der Waals surface area contributed by atoms with Crippen LogP contribution in [0.4, 0.5) is 0 Å². The van der Waals surface area contributed by atoms with E-state index in [1.54, 1.807) is 10.8 Å². The van der Waals surface area contributed by atoms with Gasteiger partial charge in [0.25, 0.3) is 0 Å². The lowest BCUT2D eigenvalue weighted by atomic mass is 10.2. The molecule has 0 bridgehead atoms. The molecule has 0 saturated carbocycles. The van der Waals surface area contributed by atoms with Crippen LogP contribution in [-0.2, 0) is 0 Å². The zero-order chi connectivity index (χ0) is 7.66. The molecule has 62 valence electrons. The van der Waals surface area contributed by atoms with Crippen molar-refractivity contribution in [3.63, 3.8) is 0 Å². The van der Waals surface area contributed by atoms with E-state index in [0.29, 0.717) is 0 Å². The Labute approximate surface area is 78.8 Å². The Morgan fingerprint density at radius 2 is 1.50 bits per heavy atom. The lowest BCUT2D eigenvalue weighted by Gasteiger charge is -1.97. The number of hydrogen-bond acceptors (Lipinski definition) is 3. The van der Waals surface area contributed by atoms with Gasteiger partial charge in [0.2, 0.25) is 0 Å². The predicted octanol–water partition coefficient (Wildman–Crippen LogP) is 3.44. The standard InChI is InChI=1S/C7H16S3/c8-6-4-2-1-3-5-7-10-9/h8-9H,1-7H2. The van der Waals surface area contributed by atoms with E-state index in [9.17, 15) is 0 Å². The van der Waals surface area contributed by atoms with E-state index in [2.05, 4.69) is 24.3 Å². The smallest absolute Gasteiger partial charge is 0.00345 e. The maximum Gasteiger partial charge on any atom is 0.00345 e. The molecule has 0 nitrogen and oxygen atoms in total. The molecule has 0 fully saturated rings. The second kappa shape index (κ2) is 10.0. The molecule has 0 unspecified atom stereocenters. The SMILES string of the molecule is SCCCCCCCSS. The Balaban J connectivity index is 2.65. The van der Waals surface area contributed by atoms with Crippen LogP contribution in [0.2, 0.25) is 0 Å². The molecule has 3 heteroatoms. The normalized spacial score (nSPS) is 10.2. The summed E-state index contributed by atoms with van der Waals surface area (Å²) >= 11 is 8.22. The number of thiol groups is 2. The molecule has 0 aromatic rings. The van der Waals surface area contributed by atoms with Gasteiger partial charge in [0, 0.05) is 5.75 Å². The summed E-state index contributed by atoms with van der Waals surface area (Å²) in [6.45, 7) is 0. The maximum atomic E-state index is 4.15. The van der Waals surface area contributed by atoms with E-state index in [-0.39, 0.29) is 0 Å². The van der Waals surface area contributed by atoms with Crippen LogP contribution in [0.25, 0.3) is 0 Å². The molecule has 0 atom stereocenters. The summed E-state index contributed by atoms with van der Waals surface area (Å²) in [6, 6.07) is 0. The van der Waals surface area contributed by atoms with Gasteiger partial charge < -0.3 is 0 Å². The highest BCUT2D eigenvalue weighted by Crippen LogP contribution is 2.10. The highest BCUT2D eigenvalue weighted by molar-refractivity contribution is 8.68. The number of hydrogen-bond donors (Lipinski definition) is 2. The molecule has 0 aromatic carbocycles. The summed E-state index contributed by atoms with van der Waals surface area (Å²) < 4.78 is 0. The lowest BCUT2D eigenvalue weighted by molar-refractivity contribution is 0.663. The second-order valence-corrected chi connectivity index (χ2v) is 4.21. The molecule has 0 rings (SSSR count). The van der Waals surface area contributed by atoms with Crippen molar-refractivity contribution in [3.8, 4) is 0 Å². The Hall–Kier alpha value is 1.05. The first-order valence-corrected chi connectivity index (χ1v) is 6.46. The van der Waals surface area contributed by atoms with E-state index in [1.165, 1.54) is 37.9 Å². The molecule has 10 heavy (non-hydrogen) atoms. The van der Waals surface area contributed by atoms with Gasteiger partial charge in [-0.3, -0.25) is 0 Å². The molecule has 0 N–H and O–H groups in total. The first-order chi connectivity index (χ1) is 4.91. The fourth-order valence-electron chi connectivity index (χ4n) is 0.809. The monoisotopic (exact) mass is 196 g/mol. The maximum absolute atomic E-state index is 4.15. The molecule has 0 radical (unpaired) electrons. The van der Waals surface area contributed by atoms with Crippen molar-refractivity contribution < 1.29 is 0 Å². The fourth-order valence-corrected chi connectivity index (χ4v) is 1.75. The van der Waals surface area contributed by atoms with Crippen LogP contribution in [0.1, 0.15) is 32.1 Å². The predicted molar refractivity (Wildman–Crippen MR) is 58.4 cm³/mol. The van der Waals surface area contributed by atoms with Gasteiger partial charge in [-0.05, 0) is 18.6 Å². The van der Waals surface area contributed by atoms with Crippen LogP contribution in [0, 0.1) is 0 Å². The molecule has 0 aliphatic carbocycles. The van der Waals surface area contributed by atoms with Gasteiger partial charge >= 0.3 is 0 Å². The Morgan fingerprint density at radius 1 is 0.900 bits per heavy atom. The van der Waals surface area contributed by atoms with E-state index < -0.39 is 0 Å². The summed E-state index contributed by atoms with van der Waals surface area (Å²) in [7, 11) is 1.64. The largest absolute Gasteiger partial charge is 0.179 e. The van der Waals surface area contributed by atoms with Crippen molar-refractivity contribution in [2.45, 2.75) is 32.1 Å². The number of rotatable bonds is 7. The van der Waals surface area contributed by atoms with Gasteiger partial charge in [-0.2, -0.15) is 12.6 Å². The van der Waals surface area contributed by atoms with Gasteiger partial charge in [0.15, 0.2) is 0 Å². The first kappa shape index (κ1) is 11.1. The fraction of sp³-hybridized carbons (Fsp3) is 1.00. The average Bonchev–Trinajstić information content (AvgIpc) is 1.97. The Kier molecular flexibility index (Phi) is 11.1. The Bertz CT molecular complexity index is 48.8. The lowest BCUT2D eigenvalue weighted by Crippen LogP contribution is -1.81. The van der Waals surface area contributed by atoms with Crippen molar-refractivity contribution in [2.24, 2.45) is 0 Å². The zero-order valence-electron chi connectivity index (χ0n) is 6.25. The summed E-state index contributed by atoms with van der Waals surface area (Å²) in [5.41, 5.74) is 0.